The summed E-state index contributed by atoms with van der Waals surface area (Å²) in [6.45, 7) is 1.80. The summed E-state index contributed by atoms with van der Waals surface area (Å²) in [6.07, 6.45) is 0. The van der Waals surface area contributed by atoms with Crippen LogP contribution in [0.1, 0.15) is 5.56 Å². The summed E-state index contributed by atoms with van der Waals surface area (Å²) in [5.74, 6) is 1.01. The van der Waals surface area contributed by atoms with Crippen LogP contribution >= 0.6 is 23.4 Å². The van der Waals surface area contributed by atoms with Gasteiger partial charge in [0, 0.05) is 5.02 Å². The van der Waals surface area contributed by atoms with Gasteiger partial charge < -0.3 is 9.64 Å². The maximum absolute atomic E-state index is 11.7. The van der Waals surface area contributed by atoms with Crippen LogP contribution in [0.2, 0.25) is 5.02 Å². The molecule has 0 unspecified atom stereocenters. The Balaban J connectivity index is 1.96. The molecule has 0 radical (unpaired) electrons. The molecule has 0 N–H and O–H groups in total. The van der Waals surface area contributed by atoms with E-state index in [1.807, 2.05) is 6.92 Å². The second kappa shape index (κ2) is 5.63. The van der Waals surface area contributed by atoms with Gasteiger partial charge in [0.25, 0.3) is 0 Å². The van der Waals surface area contributed by atoms with Crippen LogP contribution in [0.25, 0.3) is 0 Å². The molecule has 0 atom stereocenters. The highest BCUT2D eigenvalue weighted by Crippen LogP contribution is 2.22. The predicted molar refractivity (Wildman–Crippen MR) is 70.9 cm³/mol. The third-order valence-corrected chi connectivity index (χ3v) is 3.69. The highest BCUT2D eigenvalue weighted by Gasteiger charge is 2.23. The zero-order valence-electron chi connectivity index (χ0n) is 9.81. The zero-order chi connectivity index (χ0) is 13.1. The van der Waals surface area contributed by atoms with Crippen molar-refractivity contribution in [2.45, 2.75) is 6.92 Å². The number of thioether (sulfide) groups is 1. The fourth-order valence-corrected chi connectivity index (χ4v) is 2.71. The van der Waals surface area contributed by atoms with Crippen molar-refractivity contribution in [3.63, 3.8) is 0 Å². The predicted octanol–water partition coefficient (Wildman–Crippen LogP) is 2.09. The van der Waals surface area contributed by atoms with E-state index in [9.17, 15) is 9.59 Å². The van der Waals surface area contributed by atoms with Gasteiger partial charge in [-0.05, 0) is 30.7 Å². The summed E-state index contributed by atoms with van der Waals surface area (Å²) in [5, 5.41) is 0.596. The number of aryl methyl sites for hydroxylation is 1. The first kappa shape index (κ1) is 13.2. The minimum Gasteiger partial charge on any atom is -0.425 e. The lowest BCUT2D eigenvalue weighted by Crippen LogP contribution is -2.33. The molecule has 1 amide bonds. The summed E-state index contributed by atoms with van der Waals surface area (Å²) >= 11 is 7.31. The van der Waals surface area contributed by atoms with Gasteiger partial charge in [0.2, 0.25) is 5.91 Å². The Hall–Kier alpha value is -1.20. The zero-order valence-corrected chi connectivity index (χ0v) is 11.4. The summed E-state index contributed by atoms with van der Waals surface area (Å²) in [7, 11) is 0. The van der Waals surface area contributed by atoms with E-state index in [2.05, 4.69) is 0 Å². The Morgan fingerprint density at radius 2 is 2.33 bits per heavy atom. The van der Waals surface area contributed by atoms with E-state index >= 15 is 0 Å². The number of benzene rings is 1. The maximum Gasteiger partial charge on any atom is 0.331 e. The molecule has 1 heterocycles. The van der Waals surface area contributed by atoms with Gasteiger partial charge in [-0.3, -0.25) is 4.79 Å². The lowest BCUT2D eigenvalue weighted by atomic mass is 10.2. The highest BCUT2D eigenvalue weighted by molar-refractivity contribution is 8.00. The molecule has 18 heavy (non-hydrogen) atoms. The normalized spacial score (nSPS) is 15.0. The van der Waals surface area contributed by atoms with Crippen molar-refractivity contribution in [1.82, 2.24) is 4.90 Å². The van der Waals surface area contributed by atoms with Gasteiger partial charge in [-0.2, -0.15) is 0 Å². The van der Waals surface area contributed by atoms with Gasteiger partial charge in [-0.15, -0.1) is 11.8 Å². The van der Waals surface area contributed by atoms with E-state index in [4.69, 9.17) is 16.3 Å². The first-order chi connectivity index (χ1) is 8.56. The highest BCUT2D eigenvalue weighted by atomic mass is 35.5. The topological polar surface area (TPSA) is 46.6 Å². The molecular weight excluding hydrogens is 274 g/mol. The van der Waals surface area contributed by atoms with E-state index in [-0.39, 0.29) is 12.5 Å². The molecule has 0 bridgehead atoms. The van der Waals surface area contributed by atoms with Crippen molar-refractivity contribution in [2.24, 2.45) is 0 Å². The van der Waals surface area contributed by atoms with Crippen molar-refractivity contribution >= 4 is 35.2 Å². The molecule has 0 saturated carbocycles. The van der Waals surface area contributed by atoms with Crippen LogP contribution in [0.15, 0.2) is 18.2 Å². The van der Waals surface area contributed by atoms with E-state index in [0.29, 0.717) is 22.4 Å². The summed E-state index contributed by atoms with van der Waals surface area (Å²) in [4.78, 5) is 24.5. The number of rotatable bonds is 3. The molecule has 0 spiro atoms. The summed E-state index contributed by atoms with van der Waals surface area (Å²) < 4.78 is 5.21. The number of nitrogens with zero attached hydrogens (tertiary/aromatic N) is 1. The van der Waals surface area contributed by atoms with Crippen molar-refractivity contribution in [2.75, 3.05) is 18.2 Å². The van der Waals surface area contributed by atoms with Crippen LogP contribution in [0.3, 0.4) is 0 Å². The minimum absolute atomic E-state index is 0.00605. The van der Waals surface area contributed by atoms with Crippen molar-refractivity contribution < 1.29 is 14.3 Å². The van der Waals surface area contributed by atoms with Gasteiger partial charge in [-0.1, -0.05) is 11.6 Å². The SMILES string of the molecule is Cc1cc(Cl)ccc1OC(=O)CN1CSCC1=O. The Bertz CT molecular complexity index is 492. The molecule has 2 rings (SSSR count). The average Bonchev–Trinajstić information content (AvgIpc) is 2.69. The number of carbonyl (C=O) groups is 2. The number of amides is 1. The molecule has 0 aromatic heterocycles. The van der Waals surface area contributed by atoms with Crippen LogP contribution in [0.5, 0.6) is 5.75 Å². The summed E-state index contributed by atoms with van der Waals surface area (Å²) in [6, 6.07) is 5.03. The number of hydrogen-bond acceptors (Lipinski definition) is 4. The first-order valence-corrected chi connectivity index (χ1v) is 6.92. The van der Waals surface area contributed by atoms with Gasteiger partial charge >= 0.3 is 5.97 Å². The second-order valence-corrected chi connectivity index (χ2v) is 5.34. The summed E-state index contributed by atoms with van der Waals surface area (Å²) in [5.41, 5.74) is 0.790. The van der Waals surface area contributed by atoms with Gasteiger partial charge in [-0.25, -0.2) is 4.79 Å². The molecule has 96 valence electrons. The smallest absolute Gasteiger partial charge is 0.331 e. The Morgan fingerprint density at radius 3 is 2.94 bits per heavy atom. The Labute approximate surface area is 114 Å². The van der Waals surface area contributed by atoms with Crippen LogP contribution in [0.4, 0.5) is 0 Å². The monoisotopic (exact) mass is 285 g/mol. The number of halogens is 1. The van der Waals surface area contributed by atoms with Crippen LogP contribution in [-0.4, -0.2) is 35.0 Å². The van der Waals surface area contributed by atoms with Crippen molar-refractivity contribution in [3.8, 4) is 5.75 Å². The van der Waals surface area contributed by atoms with E-state index in [0.717, 1.165) is 5.56 Å². The van der Waals surface area contributed by atoms with Gasteiger partial charge in [0.1, 0.15) is 12.3 Å². The quantitative estimate of drug-likeness (QED) is 0.630. The number of hydrogen-bond donors (Lipinski definition) is 0. The Morgan fingerprint density at radius 1 is 1.56 bits per heavy atom. The third-order valence-electron chi connectivity index (χ3n) is 2.51. The van der Waals surface area contributed by atoms with E-state index in [1.165, 1.54) is 16.7 Å². The molecular formula is C12H12ClNO3S. The van der Waals surface area contributed by atoms with Crippen molar-refractivity contribution in [1.29, 1.82) is 0 Å². The second-order valence-electron chi connectivity index (χ2n) is 3.95. The standard InChI is InChI=1S/C12H12ClNO3S/c1-8-4-9(13)2-3-10(8)17-12(16)5-14-7-18-6-11(14)15/h2-4H,5-7H2,1H3. The third kappa shape index (κ3) is 3.17. The first-order valence-electron chi connectivity index (χ1n) is 5.38. The molecule has 6 heteroatoms. The molecule has 1 saturated heterocycles. The fourth-order valence-electron chi connectivity index (χ4n) is 1.58. The van der Waals surface area contributed by atoms with E-state index < -0.39 is 5.97 Å². The van der Waals surface area contributed by atoms with Crippen molar-refractivity contribution in [3.05, 3.63) is 28.8 Å². The largest absolute Gasteiger partial charge is 0.425 e. The molecule has 1 aliphatic rings. The lowest BCUT2D eigenvalue weighted by molar-refractivity contribution is -0.140. The minimum atomic E-state index is -0.434. The lowest BCUT2D eigenvalue weighted by Gasteiger charge is -2.14. The number of esters is 1. The molecule has 1 aliphatic heterocycles. The van der Waals surface area contributed by atoms with Crippen LogP contribution in [-0.2, 0) is 9.59 Å². The average molecular weight is 286 g/mol. The fraction of sp³-hybridized carbons (Fsp3) is 0.333. The molecule has 1 fully saturated rings. The van der Waals surface area contributed by atoms with Crippen LogP contribution < -0.4 is 4.74 Å². The Kier molecular flexibility index (Phi) is 4.14. The number of carbonyl (C=O) groups excluding carboxylic acids is 2. The molecule has 1 aromatic carbocycles. The molecule has 1 aromatic rings. The van der Waals surface area contributed by atoms with Gasteiger partial charge in [0.05, 0.1) is 11.6 Å². The van der Waals surface area contributed by atoms with E-state index in [1.54, 1.807) is 18.2 Å². The molecule has 0 aliphatic carbocycles. The van der Waals surface area contributed by atoms with Gasteiger partial charge in [0.15, 0.2) is 0 Å². The number of ether oxygens (including phenoxy) is 1. The van der Waals surface area contributed by atoms with Crippen LogP contribution in [0, 0.1) is 6.92 Å². The maximum atomic E-state index is 11.7. The molecule has 4 nitrogen and oxygen atoms in total.